The van der Waals surface area contributed by atoms with Crippen LogP contribution in [0.15, 0.2) is 18.3 Å². The average molecular weight is 348 g/mol. The van der Waals surface area contributed by atoms with Crippen LogP contribution in [0, 0.1) is 13.8 Å². The van der Waals surface area contributed by atoms with E-state index in [2.05, 4.69) is 15.2 Å². The highest BCUT2D eigenvalue weighted by atomic mass is 35.5. The van der Waals surface area contributed by atoms with Crippen LogP contribution in [-0.2, 0) is 4.74 Å². The molecule has 0 radical (unpaired) electrons. The minimum absolute atomic E-state index is 0.349. The maximum absolute atomic E-state index is 12.4. The number of hydrogen-bond donors (Lipinski definition) is 0. The van der Waals surface area contributed by atoms with E-state index in [1.165, 1.54) is 4.68 Å². The molecular formula is C16H18ClN5O2. The van der Waals surface area contributed by atoms with Crippen molar-refractivity contribution in [3.63, 3.8) is 0 Å². The van der Waals surface area contributed by atoms with Gasteiger partial charge in [-0.2, -0.15) is 14.9 Å². The van der Waals surface area contributed by atoms with Crippen molar-refractivity contribution in [2.24, 2.45) is 0 Å². The Bertz CT molecular complexity index is 936. The van der Waals surface area contributed by atoms with E-state index < -0.39 is 11.7 Å². The molecule has 0 amide bonds. The van der Waals surface area contributed by atoms with Gasteiger partial charge in [-0.15, -0.1) is 0 Å². The molecule has 0 aliphatic rings. The lowest BCUT2D eigenvalue weighted by atomic mass is 10.1. The van der Waals surface area contributed by atoms with Gasteiger partial charge in [0.25, 0.3) is 0 Å². The van der Waals surface area contributed by atoms with Gasteiger partial charge in [-0.1, -0.05) is 11.6 Å². The highest BCUT2D eigenvalue weighted by molar-refractivity contribution is 6.29. The lowest BCUT2D eigenvalue weighted by Gasteiger charge is -2.19. The van der Waals surface area contributed by atoms with Crippen LogP contribution >= 0.6 is 11.6 Å². The van der Waals surface area contributed by atoms with Gasteiger partial charge < -0.3 is 4.74 Å². The van der Waals surface area contributed by atoms with E-state index in [1.54, 1.807) is 22.8 Å². The molecule has 0 fully saturated rings. The minimum atomic E-state index is -0.598. The van der Waals surface area contributed by atoms with Crippen LogP contribution < -0.4 is 0 Å². The predicted octanol–water partition coefficient (Wildman–Crippen LogP) is 3.65. The molecule has 0 saturated carbocycles. The first-order valence-electron chi connectivity index (χ1n) is 7.47. The molecule has 3 rings (SSSR count). The molecule has 8 heteroatoms. The van der Waals surface area contributed by atoms with E-state index in [9.17, 15) is 4.79 Å². The Balaban J connectivity index is 2.16. The molecule has 0 aliphatic heterocycles. The Morgan fingerprint density at radius 3 is 2.67 bits per heavy atom. The number of carbonyl (C=O) groups is 1. The molecule has 3 heterocycles. The number of rotatable bonds is 1. The van der Waals surface area contributed by atoms with Crippen molar-refractivity contribution in [1.82, 2.24) is 24.4 Å². The Kier molecular flexibility index (Phi) is 3.83. The zero-order valence-corrected chi connectivity index (χ0v) is 14.9. The lowest BCUT2D eigenvalue weighted by molar-refractivity contribution is 0.0510. The predicted molar refractivity (Wildman–Crippen MR) is 90.3 cm³/mol. The first kappa shape index (κ1) is 16.4. The normalized spacial score (nSPS) is 11.9. The maximum atomic E-state index is 12.4. The van der Waals surface area contributed by atoms with Gasteiger partial charge in [-0.25, -0.2) is 14.3 Å². The second kappa shape index (κ2) is 5.59. The lowest BCUT2D eigenvalue weighted by Crippen LogP contribution is -2.28. The van der Waals surface area contributed by atoms with Crippen LogP contribution in [0.5, 0.6) is 0 Å². The summed E-state index contributed by atoms with van der Waals surface area (Å²) in [6.07, 6.45) is 1.12. The summed E-state index contributed by atoms with van der Waals surface area (Å²) in [6, 6.07) is 3.47. The molecule has 0 spiro atoms. The summed E-state index contributed by atoms with van der Waals surface area (Å²) in [4.78, 5) is 16.6. The SMILES string of the molecule is Cc1nn(C(=O)OC(C)(C)C)c(C)c1-c1cc(Cl)nc2ccnn12. The Hall–Kier alpha value is -2.41. The van der Waals surface area contributed by atoms with Gasteiger partial charge in [-0.3, -0.25) is 0 Å². The molecule has 0 aromatic carbocycles. The largest absolute Gasteiger partial charge is 0.442 e. The number of ether oxygens (including phenoxy) is 1. The fourth-order valence-electron chi connectivity index (χ4n) is 2.56. The number of halogens is 1. The number of carbonyl (C=O) groups excluding carboxylic acids is 1. The molecule has 7 nitrogen and oxygen atoms in total. The van der Waals surface area contributed by atoms with E-state index in [-0.39, 0.29) is 0 Å². The van der Waals surface area contributed by atoms with E-state index in [4.69, 9.17) is 16.3 Å². The number of nitrogens with zero attached hydrogens (tertiary/aromatic N) is 5. The molecule has 0 N–H and O–H groups in total. The van der Waals surface area contributed by atoms with E-state index >= 15 is 0 Å². The molecule has 0 saturated heterocycles. The summed E-state index contributed by atoms with van der Waals surface area (Å²) >= 11 is 6.12. The van der Waals surface area contributed by atoms with E-state index in [0.717, 1.165) is 11.3 Å². The second-order valence-electron chi connectivity index (χ2n) is 6.50. The summed E-state index contributed by atoms with van der Waals surface area (Å²) in [5, 5.41) is 8.95. The van der Waals surface area contributed by atoms with Gasteiger partial charge in [0.1, 0.15) is 10.8 Å². The molecule has 126 valence electrons. The molecule has 0 unspecified atom stereocenters. The second-order valence-corrected chi connectivity index (χ2v) is 6.89. The van der Waals surface area contributed by atoms with E-state index in [0.29, 0.717) is 22.2 Å². The van der Waals surface area contributed by atoms with Crippen molar-refractivity contribution in [2.75, 3.05) is 0 Å². The van der Waals surface area contributed by atoms with Gasteiger partial charge in [0, 0.05) is 17.7 Å². The van der Waals surface area contributed by atoms with Crippen molar-refractivity contribution in [2.45, 2.75) is 40.2 Å². The van der Waals surface area contributed by atoms with Crippen molar-refractivity contribution in [1.29, 1.82) is 0 Å². The third kappa shape index (κ3) is 2.87. The number of aromatic nitrogens is 5. The summed E-state index contributed by atoms with van der Waals surface area (Å²) in [5.41, 5.74) is 2.86. The maximum Gasteiger partial charge on any atom is 0.435 e. The van der Waals surface area contributed by atoms with Crippen LogP contribution in [0.3, 0.4) is 0 Å². The topological polar surface area (TPSA) is 74.3 Å². The molecule has 0 atom stereocenters. The zero-order valence-electron chi connectivity index (χ0n) is 14.2. The third-order valence-corrected chi connectivity index (χ3v) is 3.64. The van der Waals surface area contributed by atoms with Gasteiger partial charge in [0.2, 0.25) is 0 Å². The molecule has 24 heavy (non-hydrogen) atoms. The van der Waals surface area contributed by atoms with Gasteiger partial charge in [0.05, 0.1) is 23.3 Å². The molecular weight excluding hydrogens is 330 g/mol. The molecule has 0 bridgehead atoms. The molecule has 0 aliphatic carbocycles. The third-order valence-electron chi connectivity index (χ3n) is 3.44. The fourth-order valence-corrected chi connectivity index (χ4v) is 2.75. The smallest absolute Gasteiger partial charge is 0.435 e. The van der Waals surface area contributed by atoms with Crippen LogP contribution in [-0.4, -0.2) is 36.1 Å². The monoisotopic (exact) mass is 347 g/mol. The van der Waals surface area contributed by atoms with Crippen molar-refractivity contribution < 1.29 is 9.53 Å². The summed E-state index contributed by atoms with van der Waals surface area (Å²) in [7, 11) is 0. The highest BCUT2D eigenvalue weighted by Crippen LogP contribution is 2.29. The first-order valence-corrected chi connectivity index (χ1v) is 7.85. The van der Waals surface area contributed by atoms with Gasteiger partial charge >= 0.3 is 6.09 Å². The quantitative estimate of drug-likeness (QED) is 0.628. The van der Waals surface area contributed by atoms with E-state index in [1.807, 2.05) is 34.6 Å². The fraction of sp³-hybridized carbons (Fsp3) is 0.375. The standard InChI is InChI=1S/C16H18ClN5O2/c1-9-14(10(2)21(20-9)15(23)24-16(3,4)5)11-8-12(17)19-13-6-7-18-22(11)13/h6-8H,1-5H3. The summed E-state index contributed by atoms with van der Waals surface area (Å²) in [6.45, 7) is 9.07. The van der Waals surface area contributed by atoms with Crippen molar-refractivity contribution >= 4 is 23.3 Å². The van der Waals surface area contributed by atoms with Crippen LogP contribution in [0.1, 0.15) is 32.2 Å². The summed E-state index contributed by atoms with van der Waals surface area (Å²) < 4.78 is 8.34. The Morgan fingerprint density at radius 2 is 2.00 bits per heavy atom. The zero-order chi connectivity index (χ0) is 17.6. The average Bonchev–Trinajstić information content (AvgIpc) is 3.01. The van der Waals surface area contributed by atoms with Crippen LogP contribution in [0.2, 0.25) is 5.15 Å². The molecule has 3 aromatic rings. The van der Waals surface area contributed by atoms with Gasteiger partial charge in [0.15, 0.2) is 5.65 Å². The van der Waals surface area contributed by atoms with Crippen molar-refractivity contribution in [3.05, 3.63) is 34.9 Å². The van der Waals surface area contributed by atoms with Gasteiger partial charge in [-0.05, 0) is 34.6 Å². The van der Waals surface area contributed by atoms with Crippen LogP contribution in [0.4, 0.5) is 4.79 Å². The van der Waals surface area contributed by atoms with Crippen molar-refractivity contribution in [3.8, 4) is 11.3 Å². The Morgan fingerprint density at radius 1 is 1.29 bits per heavy atom. The molecule has 3 aromatic heterocycles. The highest BCUT2D eigenvalue weighted by Gasteiger charge is 2.24. The Labute approximate surface area is 144 Å². The number of fused-ring (bicyclic) bond motifs is 1. The first-order chi connectivity index (χ1) is 11.2. The minimum Gasteiger partial charge on any atom is -0.442 e. The number of hydrogen-bond acceptors (Lipinski definition) is 5. The number of aryl methyl sites for hydroxylation is 1. The summed E-state index contributed by atoms with van der Waals surface area (Å²) in [5.74, 6) is 0. The van der Waals surface area contributed by atoms with Crippen LogP contribution in [0.25, 0.3) is 16.9 Å².